The van der Waals surface area contributed by atoms with Crippen LogP contribution in [-0.2, 0) is 13.1 Å². The van der Waals surface area contributed by atoms with Crippen molar-refractivity contribution in [2.24, 2.45) is 0 Å². The summed E-state index contributed by atoms with van der Waals surface area (Å²) in [5.41, 5.74) is 3.15. The zero-order valence-corrected chi connectivity index (χ0v) is 18.2. The summed E-state index contributed by atoms with van der Waals surface area (Å²) in [4.78, 5) is 29.9. The smallest absolute Gasteiger partial charge is 0.264 e. The van der Waals surface area contributed by atoms with Gasteiger partial charge in [-0.1, -0.05) is 60.2 Å². The molecule has 3 aromatic carbocycles. The Bertz CT molecular complexity index is 1510. The summed E-state index contributed by atoms with van der Waals surface area (Å²) in [7, 11) is 0. The van der Waals surface area contributed by atoms with Gasteiger partial charge in [-0.3, -0.25) is 14.2 Å². The van der Waals surface area contributed by atoms with Crippen molar-refractivity contribution in [2.45, 2.75) is 20.0 Å². The van der Waals surface area contributed by atoms with Gasteiger partial charge in [0, 0.05) is 12.1 Å². The van der Waals surface area contributed by atoms with Crippen LogP contribution in [0.25, 0.3) is 21.8 Å². The van der Waals surface area contributed by atoms with Crippen LogP contribution in [-0.4, -0.2) is 31.8 Å². The third-order valence-corrected chi connectivity index (χ3v) is 5.77. The number of carbonyl (C=O) groups excluding carboxylic acids is 1. The average molecular weight is 438 g/mol. The molecule has 7 heteroatoms. The van der Waals surface area contributed by atoms with E-state index >= 15 is 0 Å². The first kappa shape index (κ1) is 20.6. The molecule has 0 saturated carbocycles. The minimum absolute atomic E-state index is 0.136. The molecule has 1 amide bonds. The summed E-state index contributed by atoms with van der Waals surface area (Å²) in [5.74, 6) is -0.142. The fourth-order valence-corrected chi connectivity index (χ4v) is 3.97. The second-order valence-corrected chi connectivity index (χ2v) is 8.04. The van der Waals surface area contributed by atoms with E-state index in [4.69, 9.17) is 0 Å². The predicted octanol–water partition coefficient (Wildman–Crippen LogP) is 3.53. The molecule has 0 radical (unpaired) electrons. The van der Waals surface area contributed by atoms with Crippen molar-refractivity contribution in [1.82, 2.24) is 24.6 Å². The summed E-state index contributed by atoms with van der Waals surface area (Å²) in [6.45, 7) is 3.21. The maximum atomic E-state index is 13.1. The van der Waals surface area contributed by atoms with Crippen molar-refractivity contribution in [3.8, 4) is 0 Å². The molecule has 0 aliphatic rings. The molecule has 33 heavy (non-hydrogen) atoms. The van der Waals surface area contributed by atoms with E-state index in [-0.39, 0.29) is 11.5 Å². The number of benzene rings is 3. The van der Waals surface area contributed by atoms with Crippen LogP contribution >= 0.6 is 0 Å². The predicted molar refractivity (Wildman–Crippen MR) is 128 cm³/mol. The number of carbonyl (C=O) groups is 1. The zero-order chi connectivity index (χ0) is 22.8. The summed E-state index contributed by atoms with van der Waals surface area (Å²) in [6, 6.07) is 21.6. The van der Waals surface area contributed by atoms with E-state index < -0.39 is 0 Å². The molecule has 164 valence electrons. The Balaban J connectivity index is 1.32. The van der Waals surface area contributed by atoms with Gasteiger partial charge in [-0.25, -0.2) is 9.67 Å². The first-order chi connectivity index (χ1) is 16.1. The molecule has 0 saturated heterocycles. The van der Waals surface area contributed by atoms with Crippen LogP contribution in [0.3, 0.4) is 0 Å². The number of hydrogen-bond acceptors (Lipinski definition) is 4. The Morgan fingerprint density at radius 3 is 2.61 bits per heavy atom. The van der Waals surface area contributed by atoms with Crippen LogP contribution in [0.1, 0.15) is 21.5 Å². The topological polar surface area (TPSA) is 81.8 Å². The summed E-state index contributed by atoms with van der Waals surface area (Å²) in [6.07, 6.45) is 3.11. The van der Waals surface area contributed by atoms with E-state index in [9.17, 15) is 9.59 Å². The van der Waals surface area contributed by atoms with E-state index in [2.05, 4.69) is 33.6 Å². The standard InChI is InChI=1S/C26H23N5O2/c1-18-9-11-20(12-10-18)25(32)27-13-14-31-24-23(15-29-31)26(33)30(17-28-24)16-21-7-4-6-19-5-2-3-8-22(19)21/h2-12,15,17H,13-14,16H2,1H3,(H,27,32). The van der Waals surface area contributed by atoms with Crippen molar-refractivity contribution in [2.75, 3.05) is 6.54 Å². The summed E-state index contributed by atoms with van der Waals surface area (Å²) < 4.78 is 3.25. The van der Waals surface area contributed by atoms with Gasteiger partial charge in [-0.15, -0.1) is 0 Å². The molecule has 5 aromatic rings. The van der Waals surface area contributed by atoms with Crippen molar-refractivity contribution in [3.63, 3.8) is 0 Å². The molecular weight excluding hydrogens is 414 g/mol. The van der Waals surface area contributed by atoms with E-state index in [1.165, 1.54) is 0 Å². The molecule has 0 unspecified atom stereocenters. The SMILES string of the molecule is Cc1ccc(C(=O)NCCn2ncc3c(=O)n(Cc4cccc5ccccc45)cnc32)cc1. The lowest BCUT2D eigenvalue weighted by Gasteiger charge is -2.09. The van der Waals surface area contributed by atoms with E-state index in [1.807, 2.05) is 43.3 Å². The third-order valence-electron chi connectivity index (χ3n) is 5.77. The highest BCUT2D eigenvalue weighted by Gasteiger charge is 2.12. The Labute approximate surface area is 190 Å². The van der Waals surface area contributed by atoms with E-state index in [0.29, 0.717) is 36.2 Å². The summed E-state index contributed by atoms with van der Waals surface area (Å²) >= 11 is 0. The lowest BCUT2D eigenvalue weighted by molar-refractivity contribution is 0.0952. The zero-order valence-electron chi connectivity index (χ0n) is 18.2. The monoisotopic (exact) mass is 437 g/mol. The van der Waals surface area contributed by atoms with Gasteiger partial charge in [0.05, 0.1) is 19.3 Å². The number of nitrogens with zero attached hydrogens (tertiary/aromatic N) is 4. The lowest BCUT2D eigenvalue weighted by atomic mass is 10.0. The molecule has 7 nitrogen and oxygen atoms in total. The first-order valence-electron chi connectivity index (χ1n) is 10.8. The second-order valence-electron chi connectivity index (χ2n) is 8.04. The fraction of sp³-hybridized carbons (Fsp3) is 0.154. The molecule has 0 aliphatic carbocycles. The van der Waals surface area contributed by atoms with Gasteiger partial charge in [-0.2, -0.15) is 5.10 Å². The van der Waals surface area contributed by atoms with Gasteiger partial charge in [0.15, 0.2) is 5.65 Å². The first-order valence-corrected chi connectivity index (χ1v) is 10.8. The molecule has 2 heterocycles. The molecule has 5 rings (SSSR count). The van der Waals surface area contributed by atoms with E-state index in [0.717, 1.165) is 21.9 Å². The number of aromatic nitrogens is 4. The van der Waals surface area contributed by atoms with Crippen LogP contribution in [0.5, 0.6) is 0 Å². The van der Waals surface area contributed by atoms with Crippen LogP contribution in [0.4, 0.5) is 0 Å². The minimum Gasteiger partial charge on any atom is -0.350 e. The molecule has 0 fully saturated rings. The quantitative estimate of drug-likeness (QED) is 0.441. The molecule has 0 bridgehead atoms. The molecule has 1 N–H and O–H groups in total. The average Bonchev–Trinajstić information content (AvgIpc) is 3.25. The molecule has 2 aromatic heterocycles. The highest BCUT2D eigenvalue weighted by atomic mass is 16.1. The number of fused-ring (bicyclic) bond motifs is 2. The highest BCUT2D eigenvalue weighted by molar-refractivity contribution is 5.94. The Morgan fingerprint density at radius 1 is 0.970 bits per heavy atom. The third kappa shape index (κ3) is 4.13. The normalized spacial score (nSPS) is 11.2. The highest BCUT2D eigenvalue weighted by Crippen LogP contribution is 2.19. The molecule has 0 spiro atoms. The number of hydrogen-bond donors (Lipinski definition) is 1. The second kappa shape index (κ2) is 8.70. The molecule has 0 aliphatic heterocycles. The van der Waals surface area contributed by atoms with Crippen molar-refractivity contribution in [3.05, 3.63) is 106 Å². The Morgan fingerprint density at radius 2 is 1.76 bits per heavy atom. The number of rotatable bonds is 6. The largest absolute Gasteiger partial charge is 0.350 e. The molecular formula is C26H23N5O2. The Kier molecular flexibility index (Phi) is 5.44. The van der Waals surface area contributed by atoms with Gasteiger partial charge in [0.1, 0.15) is 11.7 Å². The van der Waals surface area contributed by atoms with E-state index in [1.54, 1.807) is 33.9 Å². The minimum atomic E-state index is -0.142. The Hall–Kier alpha value is -4.26. The maximum Gasteiger partial charge on any atom is 0.264 e. The number of amides is 1. The summed E-state index contributed by atoms with van der Waals surface area (Å²) in [5, 5.41) is 9.93. The van der Waals surface area contributed by atoms with Crippen LogP contribution in [0.15, 0.2) is 84.0 Å². The maximum absolute atomic E-state index is 13.1. The van der Waals surface area contributed by atoms with Gasteiger partial charge in [0.25, 0.3) is 11.5 Å². The van der Waals surface area contributed by atoms with Crippen molar-refractivity contribution >= 4 is 27.7 Å². The van der Waals surface area contributed by atoms with Gasteiger partial charge < -0.3 is 5.32 Å². The van der Waals surface area contributed by atoms with Crippen LogP contribution in [0.2, 0.25) is 0 Å². The van der Waals surface area contributed by atoms with Crippen LogP contribution in [0, 0.1) is 6.92 Å². The van der Waals surface area contributed by atoms with Crippen molar-refractivity contribution < 1.29 is 4.79 Å². The lowest BCUT2D eigenvalue weighted by Crippen LogP contribution is -2.27. The molecule has 0 atom stereocenters. The van der Waals surface area contributed by atoms with Gasteiger partial charge >= 0.3 is 0 Å². The van der Waals surface area contributed by atoms with Crippen LogP contribution < -0.4 is 10.9 Å². The number of aryl methyl sites for hydroxylation is 1. The van der Waals surface area contributed by atoms with Crippen molar-refractivity contribution in [1.29, 1.82) is 0 Å². The van der Waals surface area contributed by atoms with Gasteiger partial charge in [-0.05, 0) is 35.4 Å². The number of nitrogens with one attached hydrogen (secondary N) is 1. The fourth-order valence-electron chi connectivity index (χ4n) is 3.97. The van der Waals surface area contributed by atoms with Gasteiger partial charge in [0.2, 0.25) is 0 Å².